The third-order valence-corrected chi connectivity index (χ3v) is 5.95. The topological polar surface area (TPSA) is 132 Å². The summed E-state index contributed by atoms with van der Waals surface area (Å²) in [5, 5.41) is 20.6. The molecule has 0 saturated carbocycles. The van der Waals surface area contributed by atoms with E-state index in [0.29, 0.717) is 16.9 Å². The molecule has 9 heteroatoms. The molecular formula is C28H24O9. The molecule has 0 fully saturated rings. The van der Waals surface area contributed by atoms with Crippen LogP contribution in [-0.2, 0) is 19.1 Å². The van der Waals surface area contributed by atoms with Crippen molar-refractivity contribution < 1.29 is 38.4 Å². The molecule has 0 amide bonds. The van der Waals surface area contributed by atoms with Crippen LogP contribution in [0.3, 0.4) is 0 Å². The molecule has 1 heterocycles. The van der Waals surface area contributed by atoms with Crippen LogP contribution < -0.4 is 10.2 Å². The van der Waals surface area contributed by atoms with Gasteiger partial charge in [-0.05, 0) is 47.5 Å². The molecule has 0 spiro atoms. The van der Waals surface area contributed by atoms with Gasteiger partial charge in [0.2, 0.25) is 5.43 Å². The van der Waals surface area contributed by atoms with Crippen LogP contribution >= 0.6 is 0 Å². The molecule has 0 saturated heterocycles. The summed E-state index contributed by atoms with van der Waals surface area (Å²) in [5.74, 6) is -1.49. The van der Waals surface area contributed by atoms with Crippen LogP contribution in [0.25, 0.3) is 22.1 Å². The number of carbonyl (C=O) groups is 2. The Balaban J connectivity index is 1.80. The summed E-state index contributed by atoms with van der Waals surface area (Å²) in [5.41, 5.74) is 1.49. The maximum atomic E-state index is 13.4. The Morgan fingerprint density at radius 2 is 1.57 bits per heavy atom. The lowest BCUT2D eigenvalue weighted by molar-refractivity contribution is -0.143. The fraction of sp³-hybridized carbons (Fsp3) is 0.179. The zero-order valence-electron chi connectivity index (χ0n) is 20.1. The van der Waals surface area contributed by atoms with Crippen molar-refractivity contribution in [2.75, 3.05) is 20.8 Å². The molecule has 0 aliphatic carbocycles. The van der Waals surface area contributed by atoms with Crippen LogP contribution in [-0.4, -0.2) is 43.0 Å². The van der Waals surface area contributed by atoms with E-state index in [2.05, 4.69) is 4.74 Å². The fourth-order valence-corrected chi connectivity index (χ4v) is 4.02. The van der Waals surface area contributed by atoms with Crippen LogP contribution in [0.2, 0.25) is 0 Å². The van der Waals surface area contributed by atoms with E-state index in [0.717, 1.165) is 0 Å². The van der Waals surface area contributed by atoms with Crippen molar-refractivity contribution in [1.29, 1.82) is 0 Å². The summed E-state index contributed by atoms with van der Waals surface area (Å²) in [6, 6.07) is 15.6. The standard InChI is InChI=1S/C28H24O9/c1-34-24(31)13-21(16-5-9-19(10-6-16)36-15-25(32)35-2)26-23(30)12-11-20-27(33)22(14-37-28(20)26)17-3-7-18(29)8-4-17/h3-12,14,21,29-30H,13,15H2,1-2H3/t21-/m0/s1. The molecule has 1 atom stereocenters. The molecule has 190 valence electrons. The zero-order valence-corrected chi connectivity index (χ0v) is 20.1. The number of carbonyl (C=O) groups excluding carboxylic acids is 2. The smallest absolute Gasteiger partial charge is 0.343 e. The first kappa shape index (κ1) is 25.3. The van der Waals surface area contributed by atoms with Crippen LogP contribution in [0, 0.1) is 0 Å². The fourth-order valence-electron chi connectivity index (χ4n) is 4.02. The number of phenolic OH excluding ortho intramolecular Hbond substituents is 2. The van der Waals surface area contributed by atoms with E-state index in [1.807, 2.05) is 0 Å². The van der Waals surface area contributed by atoms with Gasteiger partial charge in [-0.15, -0.1) is 0 Å². The second-order valence-electron chi connectivity index (χ2n) is 8.17. The highest BCUT2D eigenvalue weighted by molar-refractivity contribution is 5.87. The Bertz CT molecular complexity index is 1490. The molecule has 9 nitrogen and oxygen atoms in total. The van der Waals surface area contributed by atoms with E-state index < -0.39 is 17.9 Å². The summed E-state index contributed by atoms with van der Waals surface area (Å²) < 4.78 is 20.7. The number of methoxy groups -OCH3 is 2. The normalized spacial score (nSPS) is 11.6. The van der Waals surface area contributed by atoms with Crippen LogP contribution in [0.5, 0.6) is 17.2 Å². The number of fused-ring (bicyclic) bond motifs is 1. The first-order valence-electron chi connectivity index (χ1n) is 11.3. The van der Waals surface area contributed by atoms with E-state index in [4.69, 9.17) is 13.9 Å². The summed E-state index contributed by atoms with van der Waals surface area (Å²) in [7, 11) is 2.52. The van der Waals surface area contributed by atoms with Crippen LogP contribution in [0.4, 0.5) is 0 Å². The highest BCUT2D eigenvalue weighted by atomic mass is 16.6. The van der Waals surface area contributed by atoms with Gasteiger partial charge in [0.15, 0.2) is 6.61 Å². The summed E-state index contributed by atoms with van der Waals surface area (Å²) in [4.78, 5) is 37.0. The summed E-state index contributed by atoms with van der Waals surface area (Å²) in [6.45, 7) is -0.264. The first-order chi connectivity index (χ1) is 17.8. The molecule has 4 rings (SSSR count). The number of esters is 2. The molecule has 1 aromatic heterocycles. The van der Waals surface area contributed by atoms with Gasteiger partial charge in [0.05, 0.1) is 31.6 Å². The van der Waals surface area contributed by atoms with E-state index in [1.165, 1.54) is 44.7 Å². The van der Waals surface area contributed by atoms with Crippen molar-refractivity contribution in [2.24, 2.45) is 0 Å². The van der Waals surface area contributed by atoms with Gasteiger partial charge in [-0.25, -0.2) is 4.79 Å². The monoisotopic (exact) mass is 504 g/mol. The molecule has 0 radical (unpaired) electrons. The third kappa shape index (κ3) is 5.40. The van der Waals surface area contributed by atoms with Crippen molar-refractivity contribution in [3.05, 3.63) is 88.3 Å². The zero-order chi connectivity index (χ0) is 26.5. The molecule has 37 heavy (non-hydrogen) atoms. The van der Waals surface area contributed by atoms with Crippen LogP contribution in [0.15, 0.2) is 76.1 Å². The number of rotatable bonds is 8. The second kappa shape index (κ2) is 10.9. The highest BCUT2D eigenvalue weighted by Gasteiger charge is 2.27. The lowest BCUT2D eigenvalue weighted by Crippen LogP contribution is -2.13. The Hall–Kier alpha value is -4.79. The Labute approximate surface area is 211 Å². The van der Waals surface area contributed by atoms with Gasteiger partial charge in [-0.1, -0.05) is 24.3 Å². The van der Waals surface area contributed by atoms with Gasteiger partial charge < -0.3 is 28.8 Å². The predicted molar refractivity (Wildman–Crippen MR) is 134 cm³/mol. The average Bonchev–Trinajstić information content (AvgIpc) is 2.91. The Morgan fingerprint density at radius 1 is 0.892 bits per heavy atom. The predicted octanol–water partition coefficient (Wildman–Crippen LogP) is 4.12. The van der Waals surface area contributed by atoms with Gasteiger partial charge in [0.25, 0.3) is 0 Å². The minimum Gasteiger partial charge on any atom is -0.508 e. The van der Waals surface area contributed by atoms with Gasteiger partial charge in [-0.3, -0.25) is 9.59 Å². The molecule has 0 bridgehead atoms. The van der Waals surface area contributed by atoms with E-state index in [9.17, 15) is 24.6 Å². The third-order valence-electron chi connectivity index (χ3n) is 5.95. The number of benzene rings is 3. The second-order valence-corrected chi connectivity index (χ2v) is 8.17. The molecule has 2 N–H and O–H groups in total. The van der Waals surface area contributed by atoms with E-state index >= 15 is 0 Å². The summed E-state index contributed by atoms with van der Waals surface area (Å²) in [6.07, 6.45) is 1.15. The van der Waals surface area contributed by atoms with Crippen molar-refractivity contribution in [3.8, 4) is 28.4 Å². The van der Waals surface area contributed by atoms with Gasteiger partial charge >= 0.3 is 11.9 Å². The molecule has 3 aromatic carbocycles. The SMILES string of the molecule is COC(=O)COc1ccc([C@H](CC(=O)OC)c2c(O)ccc3c(=O)c(-c4ccc(O)cc4)coc23)cc1. The van der Waals surface area contributed by atoms with Crippen molar-refractivity contribution in [1.82, 2.24) is 0 Å². The molecule has 0 aliphatic rings. The van der Waals surface area contributed by atoms with Gasteiger partial charge in [0.1, 0.15) is 29.1 Å². The molecule has 4 aromatic rings. The Morgan fingerprint density at radius 3 is 2.22 bits per heavy atom. The molecule has 0 aliphatic heterocycles. The number of aromatic hydroxyl groups is 2. The number of hydrogen-bond acceptors (Lipinski definition) is 9. The van der Waals surface area contributed by atoms with Gasteiger partial charge in [-0.2, -0.15) is 0 Å². The van der Waals surface area contributed by atoms with Crippen molar-refractivity contribution in [2.45, 2.75) is 12.3 Å². The quantitative estimate of drug-likeness (QED) is 0.340. The van der Waals surface area contributed by atoms with E-state index in [1.54, 1.807) is 36.4 Å². The summed E-state index contributed by atoms with van der Waals surface area (Å²) >= 11 is 0. The molecular weight excluding hydrogens is 480 g/mol. The van der Waals surface area contributed by atoms with Crippen LogP contribution in [0.1, 0.15) is 23.5 Å². The average molecular weight is 504 g/mol. The van der Waals surface area contributed by atoms with Crippen molar-refractivity contribution in [3.63, 3.8) is 0 Å². The Kier molecular flexibility index (Phi) is 7.43. The lowest BCUT2D eigenvalue weighted by Gasteiger charge is -2.20. The number of phenols is 2. The molecule has 0 unspecified atom stereocenters. The maximum Gasteiger partial charge on any atom is 0.343 e. The minimum absolute atomic E-state index is 0.0634. The number of hydrogen-bond donors (Lipinski definition) is 2. The maximum absolute atomic E-state index is 13.4. The van der Waals surface area contributed by atoms with Crippen molar-refractivity contribution >= 4 is 22.9 Å². The minimum atomic E-state index is -0.728. The van der Waals surface area contributed by atoms with E-state index in [-0.39, 0.29) is 52.1 Å². The largest absolute Gasteiger partial charge is 0.508 e. The lowest BCUT2D eigenvalue weighted by atomic mass is 9.86. The first-order valence-corrected chi connectivity index (χ1v) is 11.3. The highest BCUT2D eigenvalue weighted by Crippen LogP contribution is 2.39. The van der Waals surface area contributed by atoms with Gasteiger partial charge in [0, 0.05) is 11.5 Å². The number of ether oxygens (including phenoxy) is 3.